The quantitative estimate of drug-likeness (QED) is 0.653. The second kappa shape index (κ2) is 8.37. The van der Waals surface area contributed by atoms with Gasteiger partial charge in [-0.05, 0) is 77.7 Å². The van der Waals surface area contributed by atoms with Gasteiger partial charge in [-0.2, -0.15) is 0 Å². The van der Waals surface area contributed by atoms with Gasteiger partial charge in [0, 0.05) is 15.9 Å². The number of ether oxygens (including phenoxy) is 1. The van der Waals surface area contributed by atoms with E-state index < -0.39 is 0 Å². The molecule has 2 rings (SSSR count). The molecule has 0 spiro atoms. The fourth-order valence-corrected chi connectivity index (χ4v) is 2.94. The van der Waals surface area contributed by atoms with Crippen molar-refractivity contribution < 1.29 is 9.53 Å². The van der Waals surface area contributed by atoms with Crippen molar-refractivity contribution in [2.24, 2.45) is 0 Å². The van der Waals surface area contributed by atoms with E-state index in [4.69, 9.17) is 16.3 Å². The first-order valence-corrected chi connectivity index (χ1v) is 8.58. The summed E-state index contributed by atoms with van der Waals surface area (Å²) in [5.74, 6) is 0.780. The van der Waals surface area contributed by atoms with Crippen LogP contribution >= 0.6 is 27.5 Å². The molecule has 0 bridgehead atoms. The molecule has 0 aromatic heterocycles. The highest BCUT2D eigenvalue weighted by Crippen LogP contribution is 2.24. The third-order valence-corrected chi connectivity index (χ3v) is 4.23. The van der Waals surface area contributed by atoms with Crippen LogP contribution in [0.15, 0.2) is 40.9 Å². The van der Waals surface area contributed by atoms with Crippen molar-refractivity contribution in [2.75, 3.05) is 11.9 Å². The van der Waals surface area contributed by atoms with E-state index in [1.54, 1.807) is 6.07 Å². The van der Waals surface area contributed by atoms with Gasteiger partial charge in [0.25, 0.3) is 0 Å². The van der Waals surface area contributed by atoms with Crippen LogP contribution in [0.2, 0.25) is 5.02 Å². The molecule has 2 aromatic rings. The van der Waals surface area contributed by atoms with Gasteiger partial charge in [0.2, 0.25) is 5.91 Å². The van der Waals surface area contributed by atoms with Gasteiger partial charge in [-0.3, -0.25) is 4.79 Å². The Morgan fingerprint density at radius 3 is 2.70 bits per heavy atom. The molecule has 0 heterocycles. The number of rotatable bonds is 6. The monoisotopic (exact) mass is 395 g/mol. The van der Waals surface area contributed by atoms with Crippen LogP contribution in [0.1, 0.15) is 24.0 Å². The van der Waals surface area contributed by atoms with Crippen LogP contribution in [0, 0.1) is 13.8 Å². The van der Waals surface area contributed by atoms with Gasteiger partial charge in [-0.25, -0.2) is 0 Å². The van der Waals surface area contributed by atoms with Crippen LogP contribution < -0.4 is 10.1 Å². The molecule has 0 aliphatic heterocycles. The highest BCUT2D eigenvalue weighted by Gasteiger charge is 2.06. The molecule has 3 nitrogen and oxygen atoms in total. The molecule has 0 unspecified atom stereocenters. The number of aryl methyl sites for hydroxylation is 2. The Balaban J connectivity index is 1.76. The van der Waals surface area contributed by atoms with E-state index in [-0.39, 0.29) is 5.91 Å². The van der Waals surface area contributed by atoms with Crippen LogP contribution in [0.3, 0.4) is 0 Å². The van der Waals surface area contributed by atoms with Gasteiger partial charge in [-0.1, -0.05) is 17.7 Å². The van der Waals surface area contributed by atoms with Crippen molar-refractivity contribution in [3.63, 3.8) is 0 Å². The second-order valence-corrected chi connectivity index (χ2v) is 6.68. The zero-order chi connectivity index (χ0) is 16.8. The van der Waals surface area contributed by atoms with Crippen LogP contribution in [-0.2, 0) is 4.79 Å². The first-order valence-electron chi connectivity index (χ1n) is 7.40. The molecule has 0 radical (unpaired) electrons. The molecule has 122 valence electrons. The Bertz CT molecular complexity index is 703. The predicted octanol–water partition coefficient (Wildman–Crippen LogP) is 5.52. The molecule has 0 saturated heterocycles. The number of hydrogen-bond acceptors (Lipinski definition) is 2. The van der Waals surface area contributed by atoms with Crippen LogP contribution in [-0.4, -0.2) is 12.5 Å². The fraction of sp³-hybridized carbons (Fsp3) is 0.278. The summed E-state index contributed by atoms with van der Waals surface area (Å²) in [7, 11) is 0. The minimum Gasteiger partial charge on any atom is -0.493 e. The van der Waals surface area contributed by atoms with Gasteiger partial charge in [0.05, 0.1) is 12.3 Å². The third kappa shape index (κ3) is 5.56. The van der Waals surface area contributed by atoms with Gasteiger partial charge in [0.1, 0.15) is 5.75 Å². The lowest BCUT2D eigenvalue weighted by Crippen LogP contribution is -2.13. The maximum absolute atomic E-state index is 12.0. The summed E-state index contributed by atoms with van der Waals surface area (Å²) in [6.45, 7) is 4.44. The maximum Gasteiger partial charge on any atom is 0.224 e. The zero-order valence-corrected chi connectivity index (χ0v) is 15.5. The first-order chi connectivity index (χ1) is 11.0. The van der Waals surface area contributed by atoms with Crippen LogP contribution in [0.25, 0.3) is 0 Å². The standard InChI is InChI=1S/C18H19BrClNO2/c1-12-5-7-16(15(19)10-12)21-18(22)4-3-9-23-17-8-6-14(20)11-13(17)2/h5-8,10-11H,3-4,9H2,1-2H3,(H,21,22). The summed E-state index contributed by atoms with van der Waals surface area (Å²) in [4.78, 5) is 12.0. The maximum atomic E-state index is 12.0. The van der Waals surface area contributed by atoms with Gasteiger partial charge in [0.15, 0.2) is 0 Å². The normalized spacial score (nSPS) is 10.4. The molecule has 0 aliphatic carbocycles. The Hall–Kier alpha value is -1.52. The molecular weight excluding hydrogens is 378 g/mol. The second-order valence-electron chi connectivity index (χ2n) is 5.39. The number of nitrogens with one attached hydrogen (secondary N) is 1. The van der Waals surface area contributed by atoms with Crippen molar-refractivity contribution in [2.45, 2.75) is 26.7 Å². The number of anilines is 1. The van der Waals surface area contributed by atoms with Crippen LogP contribution in [0.5, 0.6) is 5.75 Å². The molecule has 0 aliphatic rings. The largest absolute Gasteiger partial charge is 0.493 e. The van der Waals surface area contributed by atoms with Crippen molar-refractivity contribution in [1.82, 2.24) is 0 Å². The van der Waals surface area contributed by atoms with Crippen molar-refractivity contribution in [1.29, 1.82) is 0 Å². The molecular formula is C18H19BrClNO2. The average molecular weight is 397 g/mol. The summed E-state index contributed by atoms with van der Waals surface area (Å²) >= 11 is 9.36. The van der Waals surface area contributed by atoms with E-state index in [1.165, 1.54) is 0 Å². The molecule has 1 amide bonds. The Labute approximate surface area is 150 Å². The van der Waals surface area contributed by atoms with Gasteiger partial charge >= 0.3 is 0 Å². The first kappa shape index (κ1) is 17.8. The zero-order valence-electron chi connectivity index (χ0n) is 13.2. The minimum absolute atomic E-state index is 0.0222. The summed E-state index contributed by atoms with van der Waals surface area (Å²) in [5, 5.41) is 3.59. The van der Waals surface area contributed by atoms with Crippen LogP contribution in [0.4, 0.5) is 5.69 Å². The van der Waals surface area contributed by atoms with E-state index >= 15 is 0 Å². The van der Waals surface area contributed by atoms with E-state index in [0.29, 0.717) is 24.5 Å². The highest BCUT2D eigenvalue weighted by atomic mass is 79.9. The van der Waals surface area contributed by atoms with E-state index in [2.05, 4.69) is 21.2 Å². The molecule has 2 aromatic carbocycles. The number of benzene rings is 2. The minimum atomic E-state index is -0.0222. The number of hydrogen-bond donors (Lipinski definition) is 1. The lowest BCUT2D eigenvalue weighted by atomic mass is 10.2. The fourth-order valence-electron chi connectivity index (χ4n) is 2.12. The summed E-state index contributed by atoms with van der Waals surface area (Å²) in [5.41, 5.74) is 2.92. The van der Waals surface area contributed by atoms with E-state index in [1.807, 2.05) is 44.2 Å². The lowest BCUT2D eigenvalue weighted by Gasteiger charge is -2.10. The summed E-state index contributed by atoms with van der Waals surface area (Å²) in [6.07, 6.45) is 1.06. The summed E-state index contributed by atoms with van der Waals surface area (Å²) < 4.78 is 6.57. The molecule has 0 saturated carbocycles. The highest BCUT2D eigenvalue weighted by molar-refractivity contribution is 9.10. The Morgan fingerprint density at radius 2 is 2.00 bits per heavy atom. The molecule has 0 fully saturated rings. The van der Waals surface area contributed by atoms with Crippen molar-refractivity contribution in [3.05, 3.63) is 57.0 Å². The van der Waals surface area contributed by atoms with E-state index in [0.717, 1.165) is 27.0 Å². The third-order valence-electron chi connectivity index (χ3n) is 3.34. The Morgan fingerprint density at radius 1 is 1.22 bits per heavy atom. The number of amides is 1. The Kier molecular flexibility index (Phi) is 6.48. The molecule has 1 N–H and O–H groups in total. The SMILES string of the molecule is Cc1ccc(NC(=O)CCCOc2ccc(Cl)cc2C)c(Br)c1. The number of halogens is 2. The van der Waals surface area contributed by atoms with Gasteiger partial charge < -0.3 is 10.1 Å². The lowest BCUT2D eigenvalue weighted by molar-refractivity contribution is -0.116. The van der Waals surface area contributed by atoms with Crippen molar-refractivity contribution >= 4 is 39.1 Å². The predicted molar refractivity (Wildman–Crippen MR) is 98.4 cm³/mol. The summed E-state index contributed by atoms with van der Waals surface area (Å²) in [6, 6.07) is 11.3. The topological polar surface area (TPSA) is 38.3 Å². The number of carbonyl (C=O) groups is 1. The number of carbonyl (C=O) groups excluding carboxylic acids is 1. The molecule has 23 heavy (non-hydrogen) atoms. The smallest absolute Gasteiger partial charge is 0.224 e. The molecule has 5 heteroatoms. The van der Waals surface area contributed by atoms with Crippen molar-refractivity contribution in [3.8, 4) is 5.75 Å². The average Bonchev–Trinajstić information content (AvgIpc) is 2.48. The van der Waals surface area contributed by atoms with Gasteiger partial charge in [-0.15, -0.1) is 0 Å². The van der Waals surface area contributed by atoms with E-state index in [9.17, 15) is 4.79 Å². The molecule has 0 atom stereocenters.